The highest BCUT2D eigenvalue weighted by Gasteiger charge is 2.32. The molecule has 1 aliphatic carbocycles. The number of rotatable bonds is 1. The Morgan fingerprint density at radius 1 is 0.905 bits per heavy atom. The van der Waals surface area contributed by atoms with Crippen molar-refractivity contribution in [1.29, 1.82) is 0 Å². The molecule has 0 radical (unpaired) electrons. The molecule has 2 N–H and O–H groups in total. The Balaban J connectivity index is 1.81. The van der Waals surface area contributed by atoms with Crippen molar-refractivity contribution in [3.63, 3.8) is 0 Å². The van der Waals surface area contributed by atoms with E-state index in [2.05, 4.69) is 29.2 Å². The Morgan fingerprint density at radius 2 is 1.52 bits per heavy atom. The van der Waals surface area contributed by atoms with E-state index in [0.29, 0.717) is 12.1 Å². The minimum absolute atomic E-state index is 0.311. The Morgan fingerprint density at radius 3 is 2.14 bits per heavy atom. The number of hydrogen-bond donors (Lipinski definition) is 1. The third-order valence-corrected chi connectivity index (χ3v) is 4.52. The highest BCUT2D eigenvalue weighted by molar-refractivity contribution is 5.78. The van der Waals surface area contributed by atoms with Crippen LogP contribution < -0.4 is 15.4 Å². The zero-order valence-electron chi connectivity index (χ0n) is 12.0. The van der Waals surface area contributed by atoms with E-state index in [1.807, 2.05) is 24.3 Å². The smallest absolute Gasteiger partial charge is 0.151 e. The first-order valence-electron chi connectivity index (χ1n) is 7.73. The Kier molecular flexibility index (Phi) is 3.08. The van der Waals surface area contributed by atoms with Gasteiger partial charge in [0.05, 0.1) is 11.4 Å². The van der Waals surface area contributed by atoms with Crippen LogP contribution in [0.2, 0.25) is 0 Å². The van der Waals surface area contributed by atoms with Crippen LogP contribution in [0.1, 0.15) is 25.7 Å². The number of para-hydroxylation sites is 4. The van der Waals surface area contributed by atoms with Gasteiger partial charge in [-0.1, -0.05) is 24.3 Å². The van der Waals surface area contributed by atoms with E-state index in [0.717, 1.165) is 35.7 Å². The van der Waals surface area contributed by atoms with Gasteiger partial charge in [-0.15, -0.1) is 0 Å². The van der Waals surface area contributed by atoms with Gasteiger partial charge in [-0.05, 0) is 49.9 Å². The lowest BCUT2D eigenvalue weighted by atomic mass is 9.89. The van der Waals surface area contributed by atoms with E-state index in [9.17, 15) is 0 Å². The van der Waals surface area contributed by atoms with Crippen molar-refractivity contribution in [2.45, 2.75) is 37.8 Å². The van der Waals surface area contributed by atoms with Crippen LogP contribution in [-0.2, 0) is 0 Å². The van der Waals surface area contributed by atoms with Crippen LogP contribution in [0.25, 0.3) is 0 Å². The largest absolute Gasteiger partial charge is 0.453 e. The van der Waals surface area contributed by atoms with Crippen LogP contribution in [0, 0.1) is 0 Å². The first-order chi connectivity index (χ1) is 10.3. The van der Waals surface area contributed by atoms with Crippen molar-refractivity contribution >= 4 is 11.4 Å². The van der Waals surface area contributed by atoms with Crippen LogP contribution >= 0.6 is 0 Å². The molecule has 1 aliphatic heterocycles. The van der Waals surface area contributed by atoms with E-state index in [1.165, 1.54) is 12.8 Å². The van der Waals surface area contributed by atoms with Gasteiger partial charge in [-0.2, -0.15) is 0 Å². The Bertz CT molecular complexity index is 610. The minimum Gasteiger partial charge on any atom is -0.453 e. The van der Waals surface area contributed by atoms with Crippen LogP contribution in [0.15, 0.2) is 48.5 Å². The van der Waals surface area contributed by atoms with E-state index in [1.54, 1.807) is 0 Å². The van der Waals surface area contributed by atoms with Crippen LogP contribution in [-0.4, -0.2) is 12.1 Å². The molecule has 0 aromatic heterocycles. The standard InChI is InChI=1S/C18H20N2O/c19-13-6-5-7-14(12-13)20-15-8-1-3-10-17(15)21-18-11-4-2-9-16(18)20/h1-4,8-11,13-14H,5-7,12,19H2. The second-order valence-corrected chi connectivity index (χ2v) is 5.99. The summed E-state index contributed by atoms with van der Waals surface area (Å²) in [6, 6.07) is 17.3. The average molecular weight is 280 g/mol. The maximum atomic E-state index is 6.21. The van der Waals surface area contributed by atoms with Gasteiger partial charge in [-0.3, -0.25) is 0 Å². The topological polar surface area (TPSA) is 38.5 Å². The molecule has 1 heterocycles. The molecule has 2 unspecified atom stereocenters. The van der Waals surface area contributed by atoms with Crippen LogP contribution in [0.4, 0.5) is 11.4 Å². The molecule has 2 atom stereocenters. The van der Waals surface area contributed by atoms with Crippen LogP contribution in [0.5, 0.6) is 11.5 Å². The van der Waals surface area contributed by atoms with E-state index in [4.69, 9.17) is 10.5 Å². The van der Waals surface area contributed by atoms with Gasteiger partial charge in [0.25, 0.3) is 0 Å². The van der Waals surface area contributed by atoms with E-state index >= 15 is 0 Å². The summed E-state index contributed by atoms with van der Waals surface area (Å²) in [4.78, 5) is 2.44. The van der Waals surface area contributed by atoms with Gasteiger partial charge in [0, 0.05) is 12.1 Å². The highest BCUT2D eigenvalue weighted by atomic mass is 16.5. The van der Waals surface area contributed by atoms with Crippen molar-refractivity contribution in [2.24, 2.45) is 5.73 Å². The number of anilines is 2. The molecule has 3 nitrogen and oxygen atoms in total. The molecular formula is C18H20N2O. The average Bonchev–Trinajstić information content (AvgIpc) is 2.52. The SMILES string of the molecule is NC1CCCC(N2c3ccccc3Oc3ccccc32)C1. The summed E-state index contributed by atoms with van der Waals surface area (Å²) in [5, 5.41) is 0. The molecule has 21 heavy (non-hydrogen) atoms. The molecule has 1 fully saturated rings. The van der Waals surface area contributed by atoms with Gasteiger partial charge >= 0.3 is 0 Å². The zero-order chi connectivity index (χ0) is 14.2. The van der Waals surface area contributed by atoms with Gasteiger partial charge in [-0.25, -0.2) is 0 Å². The van der Waals surface area contributed by atoms with Crippen molar-refractivity contribution < 1.29 is 4.74 Å². The first kappa shape index (κ1) is 12.7. The molecule has 2 aliphatic rings. The summed E-state index contributed by atoms with van der Waals surface area (Å²) >= 11 is 0. The minimum atomic E-state index is 0.311. The van der Waals surface area contributed by atoms with Crippen LogP contribution in [0.3, 0.4) is 0 Å². The van der Waals surface area contributed by atoms with Gasteiger partial charge in [0.2, 0.25) is 0 Å². The zero-order valence-corrected chi connectivity index (χ0v) is 12.0. The van der Waals surface area contributed by atoms with Crippen molar-refractivity contribution in [1.82, 2.24) is 0 Å². The Hall–Kier alpha value is -2.00. The fourth-order valence-electron chi connectivity index (χ4n) is 3.56. The number of fused-ring (bicyclic) bond motifs is 2. The predicted octanol–water partition coefficient (Wildman–Crippen LogP) is 4.20. The third-order valence-electron chi connectivity index (χ3n) is 4.52. The van der Waals surface area contributed by atoms with Gasteiger partial charge < -0.3 is 15.4 Å². The van der Waals surface area contributed by atoms with Gasteiger partial charge in [0.1, 0.15) is 0 Å². The summed E-state index contributed by atoms with van der Waals surface area (Å²) in [5.41, 5.74) is 8.54. The second-order valence-electron chi connectivity index (χ2n) is 5.99. The number of ether oxygens (including phenoxy) is 1. The molecule has 0 spiro atoms. The Labute approximate surface area is 125 Å². The summed E-state index contributed by atoms with van der Waals surface area (Å²) in [6.07, 6.45) is 4.58. The predicted molar refractivity (Wildman–Crippen MR) is 85.3 cm³/mol. The first-order valence-corrected chi connectivity index (χ1v) is 7.73. The lowest BCUT2D eigenvalue weighted by Gasteiger charge is -2.41. The molecule has 0 amide bonds. The number of hydrogen-bond acceptors (Lipinski definition) is 3. The lowest BCUT2D eigenvalue weighted by molar-refractivity contribution is 0.379. The van der Waals surface area contributed by atoms with E-state index < -0.39 is 0 Å². The summed E-state index contributed by atoms with van der Waals surface area (Å²) in [6.45, 7) is 0. The molecule has 0 bridgehead atoms. The monoisotopic (exact) mass is 280 g/mol. The lowest BCUT2D eigenvalue weighted by Crippen LogP contribution is -2.41. The molecule has 0 saturated heterocycles. The molecule has 108 valence electrons. The fourth-order valence-corrected chi connectivity index (χ4v) is 3.56. The second kappa shape index (κ2) is 5.08. The van der Waals surface area contributed by atoms with Gasteiger partial charge in [0.15, 0.2) is 11.5 Å². The number of nitrogens with two attached hydrogens (primary N) is 1. The molecule has 3 heteroatoms. The van der Waals surface area contributed by atoms with Crippen molar-refractivity contribution in [3.8, 4) is 11.5 Å². The number of nitrogens with zero attached hydrogens (tertiary/aromatic N) is 1. The van der Waals surface area contributed by atoms with Crippen molar-refractivity contribution in [3.05, 3.63) is 48.5 Å². The molecule has 2 aromatic rings. The summed E-state index contributed by atoms with van der Waals surface area (Å²) < 4.78 is 6.05. The van der Waals surface area contributed by atoms with E-state index in [-0.39, 0.29) is 0 Å². The molecule has 1 saturated carbocycles. The van der Waals surface area contributed by atoms with Crippen molar-refractivity contribution in [2.75, 3.05) is 4.90 Å². The normalized spacial score (nSPS) is 24.0. The highest BCUT2D eigenvalue weighted by Crippen LogP contribution is 2.48. The maximum absolute atomic E-state index is 6.21. The fraction of sp³-hybridized carbons (Fsp3) is 0.333. The molecule has 2 aromatic carbocycles. The molecule has 4 rings (SSSR count). The summed E-state index contributed by atoms with van der Waals surface area (Å²) in [7, 11) is 0. The maximum Gasteiger partial charge on any atom is 0.151 e. The number of benzene rings is 2. The summed E-state index contributed by atoms with van der Waals surface area (Å²) in [5.74, 6) is 1.88. The molecular weight excluding hydrogens is 260 g/mol. The quantitative estimate of drug-likeness (QED) is 0.850. The third kappa shape index (κ3) is 2.18.